The molecule has 1 aromatic carbocycles. The molecule has 0 fully saturated rings. The van der Waals surface area contributed by atoms with Crippen LogP contribution < -0.4 is 10.5 Å². The number of carbonyl (C=O) groups excluding carboxylic acids is 1. The molecular weight excluding hydrogens is 268 g/mol. The predicted octanol–water partition coefficient (Wildman–Crippen LogP) is 1.95. The molecule has 1 amide bonds. The maximum Gasteiger partial charge on any atom is 0.254 e. The zero-order chi connectivity index (χ0) is 14.8. The topological polar surface area (TPSA) is 85.4 Å². The SMILES string of the molecule is NC(=O)c1cc2c(nc1Oc1ccccc1CO)CCC2. The standard InChI is InChI=1S/C16H16N2O3/c17-15(20)12-8-10-5-3-6-13(10)18-16(12)21-14-7-2-1-4-11(14)9-19/h1-2,4,7-8,19H,3,5-6,9H2,(H2,17,20). The molecule has 2 aromatic rings. The van der Waals surface area contributed by atoms with Crippen LogP contribution in [0.1, 0.15) is 33.6 Å². The molecule has 3 rings (SSSR count). The van der Waals surface area contributed by atoms with Crippen molar-refractivity contribution in [2.45, 2.75) is 25.9 Å². The minimum Gasteiger partial charge on any atom is -0.438 e. The number of aromatic nitrogens is 1. The van der Waals surface area contributed by atoms with Gasteiger partial charge in [0, 0.05) is 11.3 Å². The monoisotopic (exact) mass is 284 g/mol. The second-order valence-electron chi connectivity index (χ2n) is 5.03. The van der Waals surface area contributed by atoms with Crippen molar-refractivity contribution in [3.63, 3.8) is 0 Å². The molecule has 21 heavy (non-hydrogen) atoms. The van der Waals surface area contributed by atoms with Crippen LogP contribution in [0.5, 0.6) is 11.6 Å². The van der Waals surface area contributed by atoms with Gasteiger partial charge in [0.25, 0.3) is 5.91 Å². The molecule has 0 unspecified atom stereocenters. The number of ether oxygens (including phenoxy) is 1. The van der Waals surface area contributed by atoms with Gasteiger partial charge in [0.2, 0.25) is 5.88 Å². The summed E-state index contributed by atoms with van der Waals surface area (Å²) >= 11 is 0. The molecule has 0 aliphatic heterocycles. The number of carbonyl (C=O) groups is 1. The summed E-state index contributed by atoms with van der Waals surface area (Å²) in [5.74, 6) is 0.130. The van der Waals surface area contributed by atoms with E-state index in [1.165, 1.54) is 0 Å². The normalized spacial score (nSPS) is 13.0. The molecule has 0 saturated carbocycles. The van der Waals surface area contributed by atoms with Crippen molar-refractivity contribution in [2.75, 3.05) is 0 Å². The number of fused-ring (bicyclic) bond motifs is 1. The Labute approximate surface area is 122 Å². The first-order valence-corrected chi connectivity index (χ1v) is 6.88. The molecule has 3 N–H and O–H groups in total. The lowest BCUT2D eigenvalue weighted by molar-refractivity contribution is 0.0997. The van der Waals surface area contributed by atoms with Crippen LogP contribution in [0.4, 0.5) is 0 Å². The first-order valence-electron chi connectivity index (χ1n) is 6.88. The Morgan fingerprint density at radius 3 is 2.90 bits per heavy atom. The highest BCUT2D eigenvalue weighted by Gasteiger charge is 2.20. The third-order valence-electron chi connectivity index (χ3n) is 3.63. The number of hydrogen-bond donors (Lipinski definition) is 2. The number of para-hydroxylation sites is 1. The number of benzene rings is 1. The van der Waals surface area contributed by atoms with E-state index < -0.39 is 5.91 Å². The Hall–Kier alpha value is -2.40. The maximum atomic E-state index is 11.6. The molecule has 0 bridgehead atoms. The molecule has 1 aliphatic rings. The minimum atomic E-state index is -0.561. The third kappa shape index (κ3) is 2.60. The first kappa shape index (κ1) is 13.6. The zero-order valence-electron chi connectivity index (χ0n) is 11.5. The second kappa shape index (κ2) is 5.54. The van der Waals surface area contributed by atoms with Gasteiger partial charge in [-0.15, -0.1) is 0 Å². The van der Waals surface area contributed by atoms with Crippen LogP contribution >= 0.6 is 0 Å². The number of amides is 1. The lowest BCUT2D eigenvalue weighted by Crippen LogP contribution is -2.14. The van der Waals surface area contributed by atoms with E-state index in [9.17, 15) is 9.90 Å². The number of pyridine rings is 1. The van der Waals surface area contributed by atoms with E-state index in [-0.39, 0.29) is 18.1 Å². The van der Waals surface area contributed by atoms with Crippen LogP contribution in [0, 0.1) is 0 Å². The highest BCUT2D eigenvalue weighted by Crippen LogP contribution is 2.30. The molecule has 1 heterocycles. The fraction of sp³-hybridized carbons (Fsp3) is 0.250. The van der Waals surface area contributed by atoms with Crippen LogP contribution in [-0.4, -0.2) is 16.0 Å². The zero-order valence-corrected chi connectivity index (χ0v) is 11.5. The van der Waals surface area contributed by atoms with E-state index in [1.54, 1.807) is 24.3 Å². The summed E-state index contributed by atoms with van der Waals surface area (Å²) in [6, 6.07) is 8.86. The number of nitrogens with zero attached hydrogens (tertiary/aromatic N) is 1. The van der Waals surface area contributed by atoms with Gasteiger partial charge in [-0.25, -0.2) is 4.98 Å². The van der Waals surface area contributed by atoms with Gasteiger partial charge >= 0.3 is 0 Å². The van der Waals surface area contributed by atoms with Crippen molar-refractivity contribution in [3.05, 3.63) is 52.7 Å². The number of rotatable bonds is 4. The van der Waals surface area contributed by atoms with Crippen molar-refractivity contribution in [3.8, 4) is 11.6 Å². The van der Waals surface area contributed by atoms with E-state index in [2.05, 4.69) is 4.98 Å². The largest absolute Gasteiger partial charge is 0.438 e. The average molecular weight is 284 g/mol. The fourth-order valence-corrected chi connectivity index (χ4v) is 2.55. The van der Waals surface area contributed by atoms with Gasteiger partial charge in [-0.3, -0.25) is 4.79 Å². The van der Waals surface area contributed by atoms with Gasteiger partial charge in [0.05, 0.1) is 6.61 Å². The van der Waals surface area contributed by atoms with Gasteiger partial charge < -0.3 is 15.6 Å². The van der Waals surface area contributed by atoms with Crippen LogP contribution in [0.2, 0.25) is 0 Å². The predicted molar refractivity (Wildman–Crippen MR) is 77.2 cm³/mol. The van der Waals surface area contributed by atoms with Gasteiger partial charge in [-0.05, 0) is 37.0 Å². The van der Waals surface area contributed by atoms with Crippen LogP contribution in [0.3, 0.4) is 0 Å². The summed E-state index contributed by atoms with van der Waals surface area (Å²) in [4.78, 5) is 16.1. The van der Waals surface area contributed by atoms with Crippen molar-refractivity contribution in [1.29, 1.82) is 0 Å². The number of nitrogens with two attached hydrogens (primary N) is 1. The van der Waals surface area contributed by atoms with Gasteiger partial charge in [0.15, 0.2) is 0 Å². The second-order valence-corrected chi connectivity index (χ2v) is 5.03. The Bertz CT molecular complexity index is 698. The average Bonchev–Trinajstić information content (AvgIpc) is 2.94. The molecule has 5 nitrogen and oxygen atoms in total. The summed E-state index contributed by atoms with van der Waals surface area (Å²) in [5.41, 5.74) is 8.36. The molecule has 0 saturated heterocycles. The molecule has 5 heteroatoms. The van der Waals surface area contributed by atoms with Crippen LogP contribution in [-0.2, 0) is 19.4 Å². The summed E-state index contributed by atoms with van der Waals surface area (Å²) < 4.78 is 5.75. The molecule has 108 valence electrons. The van der Waals surface area contributed by atoms with Crippen molar-refractivity contribution < 1.29 is 14.6 Å². The lowest BCUT2D eigenvalue weighted by atomic mass is 10.1. The highest BCUT2D eigenvalue weighted by molar-refractivity contribution is 5.95. The number of aryl methyl sites for hydroxylation is 2. The van der Waals surface area contributed by atoms with Crippen LogP contribution in [0.15, 0.2) is 30.3 Å². The van der Waals surface area contributed by atoms with E-state index in [4.69, 9.17) is 10.5 Å². The number of aliphatic hydroxyl groups excluding tert-OH is 1. The number of aliphatic hydroxyl groups is 1. The molecule has 0 radical (unpaired) electrons. The summed E-state index contributed by atoms with van der Waals surface area (Å²) in [6.07, 6.45) is 2.82. The van der Waals surface area contributed by atoms with Gasteiger partial charge in [0.1, 0.15) is 11.3 Å². The van der Waals surface area contributed by atoms with E-state index in [0.29, 0.717) is 11.3 Å². The lowest BCUT2D eigenvalue weighted by Gasteiger charge is -2.12. The quantitative estimate of drug-likeness (QED) is 0.898. The van der Waals surface area contributed by atoms with Crippen molar-refractivity contribution >= 4 is 5.91 Å². The molecule has 1 aliphatic carbocycles. The molecular formula is C16H16N2O3. The van der Waals surface area contributed by atoms with E-state index in [0.717, 1.165) is 30.5 Å². The Morgan fingerprint density at radius 2 is 2.14 bits per heavy atom. The van der Waals surface area contributed by atoms with E-state index in [1.807, 2.05) is 6.07 Å². The molecule has 0 spiro atoms. The Balaban J connectivity index is 2.03. The maximum absolute atomic E-state index is 11.6. The summed E-state index contributed by atoms with van der Waals surface area (Å²) in [7, 11) is 0. The minimum absolute atomic E-state index is 0.146. The molecule has 1 aromatic heterocycles. The summed E-state index contributed by atoms with van der Waals surface area (Å²) in [6.45, 7) is -0.146. The third-order valence-corrected chi connectivity index (χ3v) is 3.63. The smallest absolute Gasteiger partial charge is 0.254 e. The van der Waals surface area contributed by atoms with Crippen molar-refractivity contribution in [2.24, 2.45) is 5.73 Å². The van der Waals surface area contributed by atoms with Gasteiger partial charge in [-0.1, -0.05) is 18.2 Å². The van der Waals surface area contributed by atoms with Crippen LogP contribution in [0.25, 0.3) is 0 Å². The Kier molecular flexibility index (Phi) is 3.58. The van der Waals surface area contributed by atoms with Gasteiger partial charge in [-0.2, -0.15) is 0 Å². The molecule has 0 atom stereocenters. The van der Waals surface area contributed by atoms with Crippen molar-refractivity contribution in [1.82, 2.24) is 4.98 Å². The highest BCUT2D eigenvalue weighted by atomic mass is 16.5. The fourth-order valence-electron chi connectivity index (χ4n) is 2.55. The number of primary amides is 1. The Morgan fingerprint density at radius 1 is 1.33 bits per heavy atom. The summed E-state index contributed by atoms with van der Waals surface area (Å²) in [5, 5.41) is 9.34. The number of hydrogen-bond acceptors (Lipinski definition) is 4. The van der Waals surface area contributed by atoms with E-state index >= 15 is 0 Å². The first-order chi connectivity index (χ1) is 10.2.